The fraction of sp³-hybridized carbons (Fsp3) is 0.565. The molecule has 0 radical (unpaired) electrons. The lowest BCUT2D eigenvalue weighted by molar-refractivity contribution is -0.130. The Morgan fingerprint density at radius 2 is 1.89 bits per heavy atom. The summed E-state index contributed by atoms with van der Waals surface area (Å²) in [6, 6.07) is 5.33. The fourth-order valence-electron chi connectivity index (χ4n) is 3.13. The van der Waals surface area contributed by atoms with E-state index in [1.165, 1.54) is 0 Å². The van der Waals surface area contributed by atoms with Crippen molar-refractivity contribution in [2.45, 2.75) is 61.0 Å². The number of aliphatic hydroxyl groups excluding tert-OH is 1. The van der Waals surface area contributed by atoms with Crippen LogP contribution >= 0.6 is 0 Å². The van der Waals surface area contributed by atoms with Crippen molar-refractivity contribution in [2.75, 3.05) is 13.1 Å². The Balaban J connectivity index is 2.47. The van der Waals surface area contributed by atoms with Crippen molar-refractivity contribution < 1.29 is 19.1 Å². The second-order valence-corrected chi connectivity index (χ2v) is 8.81. The van der Waals surface area contributed by atoms with E-state index in [-0.39, 0.29) is 30.5 Å². The second kappa shape index (κ2) is 8.91. The maximum absolute atomic E-state index is 13.0. The zero-order chi connectivity index (χ0) is 21.1. The minimum atomic E-state index is -0.617. The SMILES string of the molecule is CCN(CCC(C)C)C(=O)Cc1c(C(=O)C(C)(C)C)oc2ccc(CO)cc12. The van der Waals surface area contributed by atoms with Crippen LogP contribution in [0.2, 0.25) is 0 Å². The molecule has 0 spiro atoms. The molecule has 0 unspecified atom stereocenters. The maximum Gasteiger partial charge on any atom is 0.227 e. The van der Waals surface area contributed by atoms with E-state index in [4.69, 9.17) is 4.42 Å². The summed E-state index contributed by atoms with van der Waals surface area (Å²) in [6.07, 6.45) is 1.05. The molecule has 0 atom stereocenters. The van der Waals surface area contributed by atoms with Crippen LogP contribution in [-0.4, -0.2) is 34.8 Å². The minimum Gasteiger partial charge on any atom is -0.453 e. The van der Waals surface area contributed by atoms with E-state index in [0.29, 0.717) is 30.2 Å². The number of carbonyl (C=O) groups excluding carboxylic acids is 2. The van der Waals surface area contributed by atoms with Crippen LogP contribution in [0.5, 0.6) is 0 Å². The quantitative estimate of drug-likeness (QED) is 0.673. The molecule has 2 rings (SSSR count). The van der Waals surface area contributed by atoms with E-state index in [1.807, 2.05) is 38.7 Å². The van der Waals surface area contributed by atoms with Crippen LogP contribution in [0, 0.1) is 11.3 Å². The van der Waals surface area contributed by atoms with Gasteiger partial charge in [0, 0.05) is 29.5 Å². The van der Waals surface area contributed by atoms with Crippen LogP contribution in [0.15, 0.2) is 22.6 Å². The van der Waals surface area contributed by atoms with E-state index in [1.54, 1.807) is 12.1 Å². The summed E-state index contributed by atoms with van der Waals surface area (Å²) in [6.45, 7) is 13.0. The van der Waals surface area contributed by atoms with E-state index < -0.39 is 5.41 Å². The van der Waals surface area contributed by atoms with Crippen molar-refractivity contribution in [3.8, 4) is 0 Å². The van der Waals surface area contributed by atoms with Crippen molar-refractivity contribution in [3.05, 3.63) is 35.1 Å². The molecule has 0 aliphatic carbocycles. The fourth-order valence-corrected chi connectivity index (χ4v) is 3.13. The number of furan rings is 1. The summed E-state index contributed by atoms with van der Waals surface area (Å²) < 4.78 is 5.90. The van der Waals surface area contributed by atoms with Crippen LogP contribution in [-0.2, 0) is 17.8 Å². The third-order valence-electron chi connectivity index (χ3n) is 4.96. The molecule has 1 N–H and O–H groups in total. The molecule has 1 aromatic heterocycles. The van der Waals surface area contributed by atoms with Crippen molar-refractivity contribution in [1.29, 1.82) is 0 Å². The molecular weight excluding hydrogens is 354 g/mol. The summed E-state index contributed by atoms with van der Waals surface area (Å²) >= 11 is 0. The topological polar surface area (TPSA) is 70.8 Å². The van der Waals surface area contributed by atoms with Gasteiger partial charge in [0.05, 0.1) is 13.0 Å². The Morgan fingerprint density at radius 1 is 1.21 bits per heavy atom. The molecule has 0 aliphatic rings. The highest BCUT2D eigenvalue weighted by atomic mass is 16.3. The Morgan fingerprint density at radius 3 is 2.43 bits per heavy atom. The first-order valence-electron chi connectivity index (χ1n) is 10.1. The van der Waals surface area contributed by atoms with Crippen molar-refractivity contribution in [1.82, 2.24) is 4.90 Å². The summed E-state index contributed by atoms with van der Waals surface area (Å²) in [7, 11) is 0. The Hall–Kier alpha value is -2.14. The predicted octanol–water partition coefficient (Wildman–Crippen LogP) is 4.59. The number of amides is 1. The first-order chi connectivity index (χ1) is 13.1. The number of likely N-dealkylation sites (N-methyl/N-ethyl adjacent to an activating group) is 1. The molecule has 0 fully saturated rings. The van der Waals surface area contributed by atoms with Gasteiger partial charge in [0.15, 0.2) is 5.76 Å². The van der Waals surface area contributed by atoms with Crippen LogP contribution < -0.4 is 0 Å². The molecule has 0 aliphatic heterocycles. The lowest BCUT2D eigenvalue weighted by atomic mass is 9.87. The van der Waals surface area contributed by atoms with Crippen LogP contribution in [0.3, 0.4) is 0 Å². The molecule has 5 nitrogen and oxygen atoms in total. The van der Waals surface area contributed by atoms with E-state index in [0.717, 1.165) is 17.4 Å². The number of Topliss-reactive ketones (excluding diaryl/α,β-unsaturated/α-hetero) is 1. The largest absolute Gasteiger partial charge is 0.453 e. The zero-order valence-corrected chi connectivity index (χ0v) is 18.0. The number of aliphatic hydroxyl groups is 1. The lowest BCUT2D eigenvalue weighted by Crippen LogP contribution is -2.34. The molecule has 154 valence electrons. The summed E-state index contributed by atoms with van der Waals surface area (Å²) in [5.41, 5.74) is 1.30. The van der Waals surface area contributed by atoms with Gasteiger partial charge in [-0.25, -0.2) is 0 Å². The standard InChI is InChI=1S/C23H33NO4/c1-7-24(11-10-15(2)3)20(26)13-18-17-12-16(14-25)8-9-19(17)28-21(18)22(27)23(4,5)6/h8-9,12,15,25H,7,10-11,13-14H2,1-6H3. The highest BCUT2D eigenvalue weighted by Gasteiger charge is 2.31. The van der Waals surface area contributed by atoms with Gasteiger partial charge in [-0.2, -0.15) is 0 Å². The number of rotatable bonds is 8. The summed E-state index contributed by atoms with van der Waals surface area (Å²) in [5.74, 6) is 0.637. The van der Waals surface area contributed by atoms with Crippen LogP contribution in [0.4, 0.5) is 0 Å². The van der Waals surface area contributed by atoms with Gasteiger partial charge in [0.25, 0.3) is 0 Å². The van der Waals surface area contributed by atoms with Crippen LogP contribution in [0.25, 0.3) is 11.0 Å². The highest BCUT2D eigenvalue weighted by Crippen LogP contribution is 2.32. The molecular formula is C23H33NO4. The first kappa shape index (κ1) is 22.2. The number of fused-ring (bicyclic) bond motifs is 1. The monoisotopic (exact) mass is 387 g/mol. The first-order valence-corrected chi connectivity index (χ1v) is 10.1. The van der Waals surface area contributed by atoms with Gasteiger partial charge in [-0.1, -0.05) is 40.7 Å². The third kappa shape index (κ3) is 5.02. The average molecular weight is 388 g/mol. The van der Waals surface area contributed by atoms with Gasteiger partial charge in [0.1, 0.15) is 5.58 Å². The molecule has 1 amide bonds. The van der Waals surface area contributed by atoms with Gasteiger partial charge in [0.2, 0.25) is 11.7 Å². The summed E-state index contributed by atoms with van der Waals surface area (Å²) in [5, 5.41) is 10.2. The van der Waals surface area contributed by atoms with E-state index in [2.05, 4.69) is 13.8 Å². The average Bonchev–Trinajstić information content (AvgIpc) is 2.97. The molecule has 1 heterocycles. The number of nitrogens with zero attached hydrogens (tertiary/aromatic N) is 1. The van der Waals surface area contributed by atoms with E-state index >= 15 is 0 Å². The number of benzene rings is 1. The molecule has 28 heavy (non-hydrogen) atoms. The van der Waals surface area contributed by atoms with E-state index in [9.17, 15) is 14.7 Å². The smallest absolute Gasteiger partial charge is 0.227 e. The van der Waals surface area contributed by atoms with Crippen molar-refractivity contribution >= 4 is 22.7 Å². The predicted molar refractivity (Wildman–Crippen MR) is 111 cm³/mol. The van der Waals surface area contributed by atoms with Gasteiger partial charge < -0.3 is 14.4 Å². The van der Waals surface area contributed by atoms with Crippen molar-refractivity contribution in [2.24, 2.45) is 11.3 Å². The third-order valence-corrected chi connectivity index (χ3v) is 4.96. The van der Waals surface area contributed by atoms with Gasteiger partial charge in [-0.15, -0.1) is 0 Å². The lowest BCUT2D eigenvalue weighted by Gasteiger charge is -2.22. The van der Waals surface area contributed by atoms with Crippen LogP contribution in [0.1, 0.15) is 69.6 Å². The molecule has 5 heteroatoms. The number of ketones is 1. The van der Waals surface area contributed by atoms with Gasteiger partial charge in [-0.3, -0.25) is 9.59 Å². The maximum atomic E-state index is 13.0. The summed E-state index contributed by atoms with van der Waals surface area (Å²) in [4.78, 5) is 27.8. The second-order valence-electron chi connectivity index (χ2n) is 8.81. The Bertz CT molecular complexity index is 842. The molecule has 1 aromatic carbocycles. The Labute approximate surface area is 167 Å². The molecule has 0 saturated heterocycles. The zero-order valence-electron chi connectivity index (χ0n) is 18.0. The minimum absolute atomic E-state index is 0.0109. The number of hydrogen-bond acceptors (Lipinski definition) is 4. The normalized spacial score (nSPS) is 12.0. The van der Waals surface area contributed by atoms with Crippen molar-refractivity contribution in [3.63, 3.8) is 0 Å². The number of carbonyl (C=O) groups is 2. The Kier molecular flexibility index (Phi) is 7.05. The molecule has 2 aromatic rings. The molecule has 0 bridgehead atoms. The highest BCUT2D eigenvalue weighted by molar-refractivity contribution is 6.04. The van der Waals surface area contributed by atoms with Gasteiger partial charge in [-0.05, 0) is 37.0 Å². The number of hydrogen-bond donors (Lipinski definition) is 1. The van der Waals surface area contributed by atoms with Gasteiger partial charge >= 0.3 is 0 Å². The molecule has 0 saturated carbocycles.